The largest absolute Gasteiger partial charge is 0.307 e. The summed E-state index contributed by atoms with van der Waals surface area (Å²) in [5, 5.41) is 0. The van der Waals surface area contributed by atoms with Gasteiger partial charge in [-0.15, -0.1) is 0 Å². The van der Waals surface area contributed by atoms with Crippen LogP contribution in [0.1, 0.15) is 0 Å². The van der Waals surface area contributed by atoms with Gasteiger partial charge in [0.2, 0.25) is 0 Å². The van der Waals surface area contributed by atoms with Crippen molar-refractivity contribution in [2.75, 3.05) is 20.8 Å². The second-order valence-corrected chi connectivity index (χ2v) is 3.98. The van der Waals surface area contributed by atoms with Crippen molar-refractivity contribution < 1.29 is 8.76 Å². The van der Waals surface area contributed by atoms with Crippen LogP contribution in [-0.4, -0.2) is 25.4 Å². The Bertz CT molecular complexity index is 97.1. The van der Waals surface area contributed by atoms with E-state index in [4.69, 9.17) is 0 Å². The number of hydrogen-bond donors (Lipinski definition) is 0. The Labute approximate surface area is 42.9 Å². The highest BCUT2D eigenvalue weighted by atomic mass is 31.2. The van der Waals surface area contributed by atoms with Crippen molar-refractivity contribution in [2.45, 2.75) is 0 Å². The topological polar surface area (TPSA) is 20.3 Å². The Morgan fingerprint density at radius 3 is 1.71 bits per heavy atom. The van der Waals surface area contributed by atoms with E-state index in [1.165, 1.54) is 14.1 Å². The van der Waals surface area contributed by atoms with Gasteiger partial charge in [0.25, 0.3) is 0 Å². The lowest BCUT2D eigenvalue weighted by atomic mass is 11.3. The summed E-state index contributed by atoms with van der Waals surface area (Å²) in [4.78, 5) is 0. The first-order valence-electron chi connectivity index (χ1n) is 1.89. The Hall–Kier alpha value is 0.120. The van der Waals surface area contributed by atoms with Crippen LogP contribution in [0.2, 0.25) is 0 Å². The predicted octanol–water partition coefficient (Wildman–Crippen LogP) is 1.34. The van der Waals surface area contributed by atoms with Crippen molar-refractivity contribution in [3.8, 4) is 0 Å². The lowest BCUT2D eigenvalue weighted by Crippen LogP contribution is -2.02. The maximum atomic E-state index is 12.0. The Morgan fingerprint density at radius 1 is 1.57 bits per heavy atom. The summed E-state index contributed by atoms with van der Waals surface area (Å²) in [5.74, 6) is 0. The minimum atomic E-state index is -3.40. The molecule has 0 rings (SSSR count). The molecule has 1 unspecified atom stereocenters. The molecule has 0 spiro atoms. The third-order valence-corrected chi connectivity index (χ3v) is 2.14. The second-order valence-electron chi connectivity index (χ2n) is 1.63. The molecule has 0 bridgehead atoms. The van der Waals surface area contributed by atoms with E-state index in [1.54, 1.807) is 0 Å². The third kappa shape index (κ3) is 2.77. The molecule has 0 aromatic carbocycles. The average Bonchev–Trinajstić information content (AvgIpc) is 1.31. The zero-order chi connectivity index (χ0) is 6.08. The van der Waals surface area contributed by atoms with Gasteiger partial charge >= 0.3 is 7.60 Å². The summed E-state index contributed by atoms with van der Waals surface area (Å²) in [5.41, 5.74) is 0. The smallest absolute Gasteiger partial charge is 0.270 e. The molecule has 2 nitrogen and oxygen atoms in total. The van der Waals surface area contributed by atoms with E-state index in [-0.39, 0.29) is 0 Å². The molecule has 0 fully saturated rings. The van der Waals surface area contributed by atoms with Gasteiger partial charge in [-0.3, -0.25) is 4.57 Å². The van der Waals surface area contributed by atoms with Gasteiger partial charge in [0, 0.05) is 6.66 Å². The van der Waals surface area contributed by atoms with E-state index in [0.717, 1.165) is 11.3 Å². The summed E-state index contributed by atoms with van der Waals surface area (Å²) in [6, 6.07) is 0. The van der Waals surface area contributed by atoms with Crippen LogP contribution in [0.15, 0.2) is 0 Å². The molecule has 0 radical (unpaired) electrons. The van der Waals surface area contributed by atoms with E-state index >= 15 is 0 Å². The molecule has 0 aliphatic carbocycles. The highest BCUT2D eigenvalue weighted by Crippen LogP contribution is 2.44. The highest BCUT2D eigenvalue weighted by molar-refractivity contribution is 7.55. The quantitative estimate of drug-likeness (QED) is 0.493. The highest BCUT2D eigenvalue weighted by Gasteiger charge is 2.13. The van der Waals surface area contributed by atoms with Crippen LogP contribution in [0.5, 0.6) is 0 Å². The maximum absolute atomic E-state index is 12.0. The number of halogens is 1. The first-order chi connectivity index (χ1) is 2.94. The monoisotopic (exact) mass is 125 g/mol. The molecule has 1 atom stereocenters. The van der Waals surface area contributed by atoms with Crippen molar-refractivity contribution >= 4 is 7.60 Å². The molecular formula is C3H9FNOP. The van der Waals surface area contributed by atoms with E-state index < -0.39 is 7.60 Å². The molecule has 0 aromatic rings. The van der Waals surface area contributed by atoms with Crippen molar-refractivity contribution in [3.05, 3.63) is 0 Å². The molecule has 44 valence electrons. The standard InChI is InChI=1S/C3H9FNOP/c1-5(2)7(3,4)6/h1-3H3. The molecule has 0 N–H and O–H groups in total. The summed E-state index contributed by atoms with van der Waals surface area (Å²) < 4.78 is 23.2. The number of nitrogens with zero attached hydrogens (tertiary/aromatic N) is 1. The normalized spacial score (nSPS) is 19.6. The first kappa shape index (κ1) is 7.12. The summed E-state index contributed by atoms with van der Waals surface area (Å²) in [6.07, 6.45) is 0. The van der Waals surface area contributed by atoms with E-state index in [2.05, 4.69) is 0 Å². The van der Waals surface area contributed by atoms with Crippen LogP contribution < -0.4 is 0 Å². The minimum Gasteiger partial charge on any atom is -0.270 e. The van der Waals surface area contributed by atoms with Crippen molar-refractivity contribution in [3.63, 3.8) is 0 Å². The SMILES string of the molecule is CN(C)P(C)(=O)F. The van der Waals surface area contributed by atoms with Crippen molar-refractivity contribution in [2.24, 2.45) is 0 Å². The van der Waals surface area contributed by atoms with Crippen LogP contribution in [0.3, 0.4) is 0 Å². The summed E-state index contributed by atoms with van der Waals surface area (Å²) in [6.45, 7) is 1.08. The van der Waals surface area contributed by atoms with E-state index in [1.807, 2.05) is 0 Å². The number of hydrogen-bond acceptors (Lipinski definition) is 1. The Kier molecular flexibility index (Phi) is 1.96. The van der Waals surface area contributed by atoms with Crippen LogP contribution in [-0.2, 0) is 4.57 Å². The number of rotatable bonds is 1. The lowest BCUT2D eigenvalue weighted by molar-refractivity contribution is 0.476. The third-order valence-electron chi connectivity index (χ3n) is 0.714. The maximum Gasteiger partial charge on any atom is 0.307 e. The Balaban J connectivity index is 3.80. The van der Waals surface area contributed by atoms with Crippen molar-refractivity contribution in [1.29, 1.82) is 0 Å². The molecule has 0 amide bonds. The fourth-order valence-corrected chi connectivity index (χ4v) is 0. The van der Waals surface area contributed by atoms with Gasteiger partial charge in [-0.1, -0.05) is 0 Å². The zero-order valence-corrected chi connectivity index (χ0v) is 5.58. The van der Waals surface area contributed by atoms with Gasteiger partial charge in [0.15, 0.2) is 0 Å². The summed E-state index contributed by atoms with van der Waals surface area (Å²) in [7, 11) is -0.514. The zero-order valence-electron chi connectivity index (χ0n) is 4.68. The fourth-order valence-electron chi connectivity index (χ4n) is 0. The molecule has 7 heavy (non-hydrogen) atoms. The Morgan fingerprint density at radius 2 is 1.71 bits per heavy atom. The molecule has 0 saturated heterocycles. The molecule has 0 aliphatic rings. The van der Waals surface area contributed by atoms with Gasteiger partial charge in [0.1, 0.15) is 0 Å². The molecule has 0 saturated carbocycles. The van der Waals surface area contributed by atoms with Crippen molar-refractivity contribution in [1.82, 2.24) is 4.67 Å². The van der Waals surface area contributed by atoms with Crippen LogP contribution in [0.4, 0.5) is 4.20 Å². The van der Waals surface area contributed by atoms with Gasteiger partial charge in [-0.25, -0.2) is 4.67 Å². The fraction of sp³-hybridized carbons (Fsp3) is 1.00. The van der Waals surface area contributed by atoms with Crippen LogP contribution in [0.25, 0.3) is 0 Å². The van der Waals surface area contributed by atoms with Gasteiger partial charge < -0.3 is 0 Å². The lowest BCUT2D eigenvalue weighted by Gasteiger charge is -2.08. The predicted molar refractivity (Wildman–Crippen MR) is 28.3 cm³/mol. The van der Waals surface area contributed by atoms with E-state index in [0.29, 0.717) is 0 Å². The molecule has 0 aliphatic heterocycles. The average molecular weight is 125 g/mol. The van der Waals surface area contributed by atoms with Gasteiger partial charge in [-0.2, -0.15) is 4.20 Å². The first-order valence-corrected chi connectivity index (χ1v) is 3.89. The minimum absolute atomic E-state index is 1.08. The van der Waals surface area contributed by atoms with Crippen LogP contribution in [0, 0.1) is 0 Å². The van der Waals surface area contributed by atoms with Gasteiger partial charge in [-0.05, 0) is 14.1 Å². The molecule has 0 heterocycles. The van der Waals surface area contributed by atoms with E-state index in [9.17, 15) is 8.76 Å². The molecule has 0 aromatic heterocycles. The molecular weight excluding hydrogens is 116 g/mol. The summed E-state index contributed by atoms with van der Waals surface area (Å²) >= 11 is 0. The van der Waals surface area contributed by atoms with Crippen LogP contribution >= 0.6 is 7.60 Å². The second kappa shape index (κ2) is 1.93. The molecule has 4 heteroatoms. The van der Waals surface area contributed by atoms with Gasteiger partial charge in [0.05, 0.1) is 0 Å².